The lowest BCUT2D eigenvalue weighted by molar-refractivity contribution is 1.21. The number of azo groups is 1. The van der Waals surface area contributed by atoms with E-state index in [4.69, 9.17) is 5.73 Å². The van der Waals surface area contributed by atoms with Crippen molar-refractivity contribution < 1.29 is 0 Å². The molecule has 2 rings (SSSR count). The van der Waals surface area contributed by atoms with Gasteiger partial charge >= 0.3 is 0 Å². The molecule has 0 fully saturated rings. The van der Waals surface area contributed by atoms with Gasteiger partial charge in [0, 0.05) is 5.69 Å². The van der Waals surface area contributed by atoms with Crippen LogP contribution in [0.5, 0.6) is 0 Å². The third-order valence-corrected chi connectivity index (χ3v) is 2.25. The second-order valence-corrected chi connectivity index (χ2v) is 3.58. The van der Waals surface area contributed by atoms with Crippen LogP contribution in [0.3, 0.4) is 0 Å². The van der Waals surface area contributed by atoms with E-state index in [0.717, 1.165) is 22.6 Å². The number of anilines is 1. The lowest BCUT2D eigenvalue weighted by atomic mass is 10.2. The van der Waals surface area contributed by atoms with E-state index in [2.05, 4.69) is 10.2 Å². The van der Waals surface area contributed by atoms with Gasteiger partial charge in [0.05, 0.1) is 11.4 Å². The molecular formula is C13H13N3. The molecule has 0 saturated carbocycles. The Balaban J connectivity index is 2.24. The molecule has 0 aliphatic heterocycles. The summed E-state index contributed by atoms with van der Waals surface area (Å²) < 4.78 is 0. The quantitative estimate of drug-likeness (QED) is 0.592. The summed E-state index contributed by atoms with van der Waals surface area (Å²) in [5.74, 6) is 0. The summed E-state index contributed by atoms with van der Waals surface area (Å²) in [5.41, 5.74) is 9.13. The molecule has 80 valence electrons. The maximum absolute atomic E-state index is 5.66. The molecule has 3 heteroatoms. The molecule has 0 atom stereocenters. The van der Waals surface area contributed by atoms with Crippen LogP contribution in [0.25, 0.3) is 0 Å². The van der Waals surface area contributed by atoms with Crippen molar-refractivity contribution >= 4 is 17.1 Å². The van der Waals surface area contributed by atoms with Crippen molar-refractivity contribution in [1.29, 1.82) is 0 Å². The molecule has 0 spiro atoms. The maximum Gasteiger partial charge on any atom is 0.0887 e. The third-order valence-electron chi connectivity index (χ3n) is 2.25. The van der Waals surface area contributed by atoms with Crippen LogP contribution in [0.15, 0.2) is 58.8 Å². The molecule has 0 aliphatic rings. The first-order chi connectivity index (χ1) is 7.75. The zero-order valence-electron chi connectivity index (χ0n) is 9.09. The van der Waals surface area contributed by atoms with Gasteiger partial charge in [0.15, 0.2) is 0 Å². The largest absolute Gasteiger partial charge is 0.399 e. The Kier molecular flexibility index (Phi) is 2.96. The zero-order valence-corrected chi connectivity index (χ0v) is 9.09. The summed E-state index contributed by atoms with van der Waals surface area (Å²) in [6.07, 6.45) is 0. The van der Waals surface area contributed by atoms with Crippen molar-refractivity contribution in [2.24, 2.45) is 10.2 Å². The Labute approximate surface area is 94.6 Å². The van der Waals surface area contributed by atoms with Crippen molar-refractivity contribution in [1.82, 2.24) is 0 Å². The van der Waals surface area contributed by atoms with Crippen molar-refractivity contribution in [3.8, 4) is 0 Å². The van der Waals surface area contributed by atoms with E-state index in [0.29, 0.717) is 0 Å². The predicted molar refractivity (Wildman–Crippen MR) is 66.2 cm³/mol. The first-order valence-corrected chi connectivity index (χ1v) is 5.08. The Bertz CT molecular complexity index is 504. The van der Waals surface area contributed by atoms with Crippen molar-refractivity contribution in [2.45, 2.75) is 6.92 Å². The van der Waals surface area contributed by atoms with Gasteiger partial charge < -0.3 is 5.73 Å². The normalized spacial score (nSPS) is 10.8. The molecule has 0 aliphatic carbocycles. The topological polar surface area (TPSA) is 50.7 Å². The van der Waals surface area contributed by atoms with Crippen LogP contribution >= 0.6 is 0 Å². The summed E-state index contributed by atoms with van der Waals surface area (Å²) in [6, 6.07) is 15.2. The number of aryl methyl sites for hydroxylation is 1. The highest BCUT2D eigenvalue weighted by atomic mass is 15.1. The van der Waals surface area contributed by atoms with E-state index in [1.807, 2.05) is 55.5 Å². The van der Waals surface area contributed by atoms with E-state index < -0.39 is 0 Å². The van der Waals surface area contributed by atoms with Gasteiger partial charge in [0.1, 0.15) is 0 Å². The highest BCUT2D eigenvalue weighted by Gasteiger charge is 1.96. The molecule has 0 bridgehead atoms. The molecule has 0 unspecified atom stereocenters. The molecule has 2 N–H and O–H groups in total. The molecule has 0 saturated heterocycles. The van der Waals surface area contributed by atoms with Crippen LogP contribution in [0.1, 0.15) is 5.56 Å². The summed E-state index contributed by atoms with van der Waals surface area (Å²) in [5, 5.41) is 8.34. The Morgan fingerprint density at radius 1 is 0.938 bits per heavy atom. The number of rotatable bonds is 2. The van der Waals surface area contributed by atoms with Gasteiger partial charge in [-0.15, -0.1) is 0 Å². The fourth-order valence-corrected chi connectivity index (χ4v) is 1.40. The van der Waals surface area contributed by atoms with Crippen LogP contribution in [0, 0.1) is 6.92 Å². The fourth-order valence-electron chi connectivity index (χ4n) is 1.40. The van der Waals surface area contributed by atoms with Crippen molar-refractivity contribution in [3.63, 3.8) is 0 Å². The van der Waals surface area contributed by atoms with Gasteiger partial charge in [0.2, 0.25) is 0 Å². The average Bonchev–Trinajstić information content (AvgIpc) is 2.29. The predicted octanol–water partition coefficient (Wildman–Crippen LogP) is 3.99. The smallest absolute Gasteiger partial charge is 0.0887 e. The molecule has 2 aromatic carbocycles. The van der Waals surface area contributed by atoms with Gasteiger partial charge in [-0.3, -0.25) is 0 Å². The number of hydrogen-bond donors (Lipinski definition) is 1. The number of benzene rings is 2. The average molecular weight is 211 g/mol. The zero-order chi connectivity index (χ0) is 11.4. The molecule has 0 amide bonds. The number of hydrogen-bond acceptors (Lipinski definition) is 3. The fraction of sp³-hybridized carbons (Fsp3) is 0.0769. The lowest BCUT2D eigenvalue weighted by Crippen LogP contribution is -1.84. The van der Waals surface area contributed by atoms with Crippen LogP contribution in [0.4, 0.5) is 17.1 Å². The van der Waals surface area contributed by atoms with E-state index in [1.54, 1.807) is 0 Å². The van der Waals surface area contributed by atoms with Gasteiger partial charge in [-0.2, -0.15) is 10.2 Å². The highest BCUT2D eigenvalue weighted by molar-refractivity contribution is 5.54. The van der Waals surface area contributed by atoms with Crippen LogP contribution in [-0.2, 0) is 0 Å². The second kappa shape index (κ2) is 4.57. The van der Waals surface area contributed by atoms with Crippen molar-refractivity contribution in [3.05, 3.63) is 54.1 Å². The minimum atomic E-state index is 0.746. The molecular weight excluding hydrogens is 198 g/mol. The van der Waals surface area contributed by atoms with Gasteiger partial charge in [0.25, 0.3) is 0 Å². The van der Waals surface area contributed by atoms with Crippen LogP contribution < -0.4 is 5.73 Å². The second-order valence-electron chi connectivity index (χ2n) is 3.58. The molecule has 2 aromatic rings. The van der Waals surface area contributed by atoms with Gasteiger partial charge in [-0.05, 0) is 42.8 Å². The standard InChI is InChI=1S/C13H13N3/c1-10-9-11(14)7-8-13(10)16-15-12-5-3-2-4-6-12/h2-9H,14H2,1H3/b16-15+. The highest BCUT2D eigenvalue weighted by Crippen LogP contribution is 2.23. The van der Waals surface area contributed by atoms with Crippen LogP contribution in [0.2, 0.25) is 0 Å². The Hall–Kier alpha value is -2.16. The monoisotopic (exact) mass is 211 g/mol. The lowest BCUT2D eigenvalue weighted by Gasteiger charge is -1.99. The number of nitrogens with zero attached hydrogens (tertiary/aromatic N) is 2. The minimum Gasteiger partial charge on any atom is -0.399 e. The van der Waals surface area contributed by atoms with Gasteiger partial charge in [-0.25, -0.2) is 0 Å². The van der Waals surface area contributed by atoms with E-state index in [9.17, 15) is 0 Å². The summed E-state index contributed by atoms with van der Waals surface area (Å²) >= 11 is 0. The first-order valence-electron chi connectivity index (χ1n) is 5.08. The van der Waals surface area contributed by atoms with E-state index in [1.165, 1.54) is 0 Å². The number of nitrogen functional groups attached to an aromatic ring is 1. The molecule has 0 aromatic heterocycles. The first kappa shape index (κ1) is 10.4. The summed E-state index contributed by atoms with van der Waals surface area (Å²) in [7, 11) is 0. The molecule has 0 radical (unpaired) electrons. The molecule has 3 nitrogen and oxygen atoms in total. The third kappa shape index (κ3) is 2.45. The summed E-state index contributed by atoms with van der Waals surface area (Å²) in [6.45, 7) is 1.97. The summed E-state index contributed by atoms with van der Waals surface area (Å²) in [4.78, 5) is 0. The van der Waals surface area contributed by atoms with Gasteiger partial charge in [-0.1, -0.05) is 18.2 Å². The van der Waals surface area contributed by atoms with E-state index >= 15 is 0 Å². The van der Waals surface area contributed by atoms with Crippen LogP contribution in [-0.4, -0.2) is 0 Å². The minimum absolute atomic E-state index is 0.746. The SMILES string of the molecule is Cc1cc(N)ccc1/N=N/c1ccccc1. The maximum atomic E-state index is 5.66. The number of nitrogens with two attached hydrogens (primary N) is 1. The van der Waals surface area contributed by atoms with Crippen molar-refractivity contribution in [2.75, 3.05) is 5.73 Å². The Morgan fingerprint density at radius 2 is 1.69 bits per heavy atom. The van der Waals surface area contributed by atoms with E-state index in [-0.39, 0.29) is 0 Å². The molecule has 0 heterocycles. The Morgan fingerprint density at radius 3 is 2.38 bits per heavy atom. The molecule has 16 heavy (non-hydrogen) atoms.